The van der Waals surface area contributed by atoms with Gasteiger partial charge in [-0.25, -0.2) is 0 Å². The predicted octanol–water partition coefficient (Wildman–Crippen LogP) is 2.19. The van der Waals surface area contributed by atoms with Gasteiger partial charge in [-0.3, -0.25) is 9.59 Å². The Balaban J connectivity index is 0.00000192. The van der Waals surface area contributed by atoms with Crippen LogP contribution in [-0.4, -0.2) is 53.3 Å². The second-order valence-corrected chi connectivity index (χ2v) is 6.63. The van der Waals surface area contributed by atoms with E-state index in [0.29, 0.717) is 36.8 Å². The highest BCUT2D eigenvalue weighted by Gasteiger charge is 2.48. The van der Waals surface area contributed by atoms with Gasteiger partial charge in [0, 0.05) is 26.2 Å². The molecule has 1 aliphatic carbocycles. The highest BCUT2D eigenvalue weighted by molar-refractivity contribution is 6.43. The summed E-state index contributed by atoms with van der Waals surface area (Å²) in [5.41, 5.74) is 5.68. The Morgan fingerprint density at radius 1 is 1.04 bits per heavy atom. The highest BCUT2D eigenvalue weighted by Crippen LogP contribution is 2.34. The fourth-order valence-electron chi connectivity index (χ4n) is 2.62. The third-order valence-electron chi connectivity index (χ3n) is 4.25. The zero-order valence-electron chi connectivity index (χ0n) is 12.4. The second-order valence-electron chi connectivity index (χ2n) is 5.84. The van der Waals surface area contributed by atoms with E-state index in [4.69, 9.17) is 28.9 Å². The third kappa shape index (κ3) is 3.58. The molecule has 2 amide bonds. The SMILES string of the molecule is Cl.NC1(C(=O)N2CCN(C(=O)c3cccc(Cl)c3Cl)CC2)CC1. The molecule has 0 bridgehead atoms. The minimum atomic E-state index is -0.650. The van der Waals surface area contributed by atoms with E-state index in [1.54, 1.807) is 28.0 Å². The topological polar surface area (TPSA) is 66.6 Å². The number of carbonyl (C=O) groups is 2. The van der Waals surface area contributed by atoms with Gasteiger partial charge in [-0.15, -0.1) is 12.4 Å². The molecule has 2 N–H and O–H groups in total. The van der Waals surface area contributed by atoms with Crippen molar-refractivity contribution in [2.75, 3.05) is 26.2 Å². The van der Waals surface area contributed by atoms with Gasteiger partial charge in [0.1, 0.15) is 0 Å². The minimum absolute atomic E-state index is 0. The van der Waals surface area contributed by atoms with Gasteiger partial charge in [-0.1, -0.05) is 29.3 Å². The molecule has 8 heteroatoms. The fraction of sp³-hybridized carbons (Fsp3) is 0.467. The molecule has 5 nitrogen and oxygen atoms in total. The van der Waals surface area contributed by atoms with Crippen molar-refractivity contribution in [3.63, 3.8) is 0 Å². The molecule has 1 saturated carbocycles. The maximum Gasteiger partial charge on any atom is 0.255 e. The lowest BCUT2D eigenvalue weighted by atomic mass is 10.1. The maximum atomic E-state index is 12.5. The van der Waals surface area contributed by atoms with E-state index in [0.717, 1.165) is 12.8 Å². The number of hydrogen-bond acceptors (Lipinski definition) is 3. The summed E-state index contributed by atoms with van der Waals surface area (Å²) in [7, 11) is 0. The molecular formula is C15H18Cl3N3O2. The van der Waals surface area contributed by atoms with Crippen molar-refractivity contribution in [2.24, 2.45) is 5.73 Å². The molecule has 23 heavy (non-hydrogen) atoms. The van der Waals surface area contributed by atoms with Gasteiger partial charge in [0.05, 0.1) is 21.1 Å². The quantitative estimate of drug-likeness (QED) is 0.858. The van der Waals surface area contributed by atoms with E-state index in [2.05, 4.69) is 0 Å². The number of nitrogens with zero attached hydrogens (tertiary/aromatic N) is 2. The van der Waals surface area contributed by atoms with Crippen molar-refractivity contribution in [3.8, 4) is 0 Å². The lowest BCUT2D eigenvalue weighted by molar-refractivity contribution is -0.135. The van der Waals surface area contributed by atoms with Gasteiger partial charge in [0.15, 0.2) is 0 Å². The Bertz CT molecular complexity index is 626. The number of amides is 2. The van der Waals surface area contributed by atoms with E-state index in [1.807, 2.05) is 0 Å². The molecule has 0 radical (unpaired) electrons. The number of carbonyl (C=O) groups excluding carboxylic acids is 2. The van der Waals surface area contributed by atoms with Crippen molar-refractivity contribution >= 4 is 47.4 Å². The summed E-state index contributed by atoms with van der Waals surface area (Å²) in [6.07, 6.45) is 1.51. The Kier molecular flexibility index (Phi) is 5.46. The van der Waals surface area contributed by atoms with Crippen molar-refractivity contribution in [3.05, 3.63) is 33.8 Å². The van der Waals surface area contributed by atoms with Crippen LogP contribution >= 0.6 is 35.6 Å². The Morgan fingerprint density at radius 3 is 2.17 bits per heavy atom. The monoisotopic (exact) mass is 377 g/mol. The van der Waals surface area contributed by atoms with Crippen LogP contribution in [0.2, 0.25) is 10.0 Å². The van der Waals surface area contributed by atoms with Crippen molar-refractivity contribution in [2.45, 2.75) is 18.4 Å². The number of benzene rings is 1. The summed E-state index contributed by atoms with van der Waals surface area (Å²) in [5.74, 6) is -0.158. The number of piperazine rings is 1. The van der Waals surface area contributed by atoms with Crippen molar-refractivity contribution in [1.82, 2.24) is 9.80 Å². The second kappa shape index (κ2) is 6.85. The Labute approximate surface area is 151 Å². The molecule has 0 spiro atoms. The van der Waals surface area contributed by atoms with Crippen LogP contribution in [-0.2, 0) is 4.79 Å². The molecule has 0 unspecified atom stereocenters. The van der Waals surface area contributed by atoms with E-state index in [-0.39, 0.29) is 29.2 Å². The van der Waals surface area contributed by atoms with E-state index in [1.165, 1.54) is 0 Å². The van der Waals surface area contributed by atoms with Crippen LogP contribution in [0.15, 0.2) is 18.2 Å². The zero-order chi connectivity index (χ0) is 15.9. The first-order chi connectivity index (χ1) is 10.4. The van der Waals surface area contributed by atoms with Crippen molar-refractivity contribution < 1.29 is 9.59 Å². The van der Waals surface area contributed by atoms with Crippen LogP contribution < -0.4 is 5.73 Å². The maximum absolute atomic E-state index is 12.5. The molecule has 3 rings (SSSR count). The lowest BCUT2D eigenvalue weighted by Crippen LogP contribution is -2.55. The molecule has 1 saturated heterocycles. The molecule has 0 aromatic heterocycles. The third-order valence-corrected chi connectivity index (χ3v) is 5.07. The Morgan fingerprint density at radius 2 is 1.61 bits per heavy atom. The van der Waals surface area contributed by atoms with Gasteiger partial charge < -0.3 is 15.5 Å². The summed E-state index contributed by atoms with van der Waals surface area (Å²) in [6.45, 7) is 1.95. The van der Waals surface area contributed by atoms with Crippen molar-refractivity contribution in [1.29, 1.82) is 0 Å². The summed E-state index contributed by atoms with van der Waals surface area (Å²) < 4.78 is 0. The van der Waals surface area contributed by atoms with Gasteiger partial charge in [0.25, 0.3) is 5.91 Å². The van der Waals surface area contributed by atoms with Crippen LogP contribution in [0.1, 0.15) is 23.2 Å². The summed E-state index contributed by atoms with van der Waals surface area (Å²) in [5, 5.41) is 0.631. The molecular weight excluding hydrogens is 361 g/mol. The minimum Gasteiger partial charge on any atom is -0.338 e. The molecule has 2 aliphatic rings. The van der Waals surface area contributed by atoms with Gasteiger partial charge in [-0.2, -0.15) is 0 Å². The van der Waals surface area contributed by atoms with E-state index in [9.17, 15) is 9.59 Å². The zero-order valence-corrected chi connectivity index (χ0v) is 14.8. The first kappa shape index (κ1) is 18.3. The molecule has 1 aromatic rings. The van der Waals surface area contributed by atoms with Gasteiger partial charge >= 0.3 is 0 Å². The van der Waals surface area contributed by atoms with Crippen LogP contribution in [0.3, 0.4) is 0 Å². The summed E-state index contributed by atoms with van der Waals surface area (Å²) >= 11 is 12.0. The molecule has 2 fully saturated rings. The molecule has 1 aromatic carbocycles. The van der Waals surface area contributed by atoms with Gasteiger partial charge in [-0.05, 0) is 25.0 Å². The molecule has 126 valence electrons. The van der Waals surface area contributed by atoms with Crippen LogP contribution in [0.25, 0.3) is 0 Å². The number of halogens is 3. The summed E-state index contributed by atoms with van der Waals surface area (Å²) in [6, 6.07) is 5.01. The standard InChI is InChI=1S/C15H17Cl2N3O2.ClH/c16-11-3-1-2-10(12(11)17)13(21)19-6-8-20(9-7-19)14(22)15(18)4-5-15;/h1-3H,4-9,18H2;1H. The highest BCUT2D eigenvalue weighted by atomic mass is 35.5. The largest absolute Gasteiger partial charge is 0.338 e. The number of rotatable bonds is 2. The molecule has 1 aliphatic heterocycles. The first-order valence-electron chi connectivity index (χ1n) is 7.24. The van der Waals surface area contributed by atoms with E-state index < -0.39 is 5.54 Å². The predicted molar refractivity (Wildman–Crippen MR) is 92.3 cm³/mol. The van der Waals surface area contributed by atoms with E-state index >= 15 is 0 Å². The molecule has 0 atom stereocenters. The number of nitrogens with two attached hydrogens (primary N) is 1. The van der Waals surface area contributed by atoms with Gasteiger partial charge in [0.2, 0.25) is 5.91 Å². The normalized spacial score (nSPS) is 19.1. The molecule has 1 heterocycles. The average Bonchev–Trinajstić information content (AvgIpc) is 3.28. The first-order valence-corrected chi connectivity index (χ1v) is 7.99. The fourth-order valence-corrected chi connectivity index (χ4v) is 3.00. The number of hydrogen-bond donors (Lipinski definition) is 1. The van der Waals surface area contributed by atoms with Crippen LogP contribution in [0, 0.1) is 0 Å². The lowest BCUT2D eigenvalue weighted by Gasteiger charge is -2.36. The summed E-state index contributed by atoms with van der Waals surface area (Å²) in [4.78, 5) is 28.1. The van der Waals surface area contributed by atoms with Crippen LogP contribution in [0.4, 0.5) is 0 Å². The Hall–Kier alpha value is -1.01. The van der Waals surface area contributed by atoms with Crippen LogP contribution in [0.5, 0.6) is 0 Å². The smallest absolute Gasteiger partial charge is 0.255 e. The average molecular weight is 379 g/mol.